The van der Waals surface area contributed by atoms with E-state index in [4.69, 9.17) is 5.73 Å². The van der Waals surface area contributed by atoms with Crippen molar-refractivity contribution in [2.24, 2.45) is 5.73 Å². The highest BCUT2D eigenvalue weighted by atomic mass is 16.2. The molecule has 2 rings (SSSR count). The van der Waals surface area contributed by atoms with Gasteiger partial charge in [0.15, 0.2) is 0 Å². The summed E-state index contributed by atoms with van der Waals surface area (Å²) in [7, 11) is 0. The van der Waals surface area contributed by atoms with Gasteiger partial charge in [-0.2, -0.15) is 0 Å². The molecule has 19 heavy (non-hydrogen) atoms. The van der Waals surface area contributed by atoms with Crippen LogP contribution in [0, 0.1) is 0 Å². The van der Waals surface area contributed by atoms with Gasteiger partial charge in [0.1, 0.15) is 0 Å². The Bertz CT molecular complexity index is 579. The molecule has 2 aromatic carbocycles. The normalized spacial score (nSPS) is 9.68. The van der Waals surface area contributed by atoms with Crippen molar-refractivity contribution < 1.29 is 9.59 Å². The molecule has 0 aliphatic carbocycles. The monoisotopic (exact) mass is 255 g/mol. The predicted octanol–water partition coefficient (Wildman–Crippen LogP) is 1.85. The van der Waals surface area contributed by atoms with Gasteiger partial charge in [-0.15, -0.1) is 0 Å². The summed E-state index contributed by atoms with van der Waals surface area (Å²) in [5, 5.41) is 5.59. The lowest BCUT2D eigenvalue weighted by molar-refractivity contribution is -0.134. The second kappa shape index (κ2) is 5.68. The molecule has 5 nitrogen and oxygen atoms in total. The first kappa shape index (κ1) is 12.6. The minimum Gasteiger partial charge on any atom is -0.361 e. The fourth-order valence-corrected chi connectivity index (χ4v) is 1.52. The summed E-state index contributed by atoms with van der Waals surface area (Å²) in [5.74, 6) is -1.84. The van der Waals surface area contributed by atoms with Crippen LogP contribution in [0.15, 0.2) is 54.6 Å². The molecule has 0 saturated carbocycles. The average Bonchev–Trinajstić information content (AvgIpc) is 2.42. The molecular formula is C14H13N3O2. The Labute approximate surface area is 110 Å². The maximum atomic E-state index is 11.1. The summed E-state index contributed by atoms with van der Waals surface area (Å²) in [6.45, 7) is 0. The molecule has 0 atom stereocenters. The number of para-hydroxylation sites is 1. The molecule has 0 heterocycles. The summed E-state index contributed by atoms with van der Waals surface area (Å²) in [4.78, 5) is 21.7. The van der Waals surface area contributed by atoms with E-state index >= 15 is 0 Å². The maximum absolute atomic E-state index is 11.1. The smallest absolute Gasteiger partial charge is 0.313 e. The maximum Gasteiger partial charge on any atom is 0.313 e. The van der Waals surface area contributed by atoms with Crippen LogP contribution >= 0.6 is 0 Å². The van der Waals surface area contributed by atoms with Crippen LogP contribution < -0.4 is 16.4 Å². The Hall–Kier alpha value is -2.82. The predicted molar refractivity (Wildman–Crippen MR) is 74.0 cm³/mol. The van der Waals surface area contributed by atoms with Crippen LogP contribution in [0.1, 0.15) is 0 Å². The standard InChI is InChI=1S/C14H13N3O2/c15-13(18)14(19)17-12-8-6-11(7-9-12)16-10-4-2-1-3-5-10/h1-9,16H,(H2,15,18)(H,17,19). The van der Waals surface area contributed by atoms with Crippen molar-refractivity contribution >= 4 is 28.9 Å². The number of carbonyl (C=O) groups excluding carboxylic acids is 2. The first-order valence-electron chi connectivity index (χ1n) is 5.68. The van der Waals surface area contributed by atoms with E-state index in [1.165, 1.54) is 0 Å². The van der Waals surface area contributed by atoms with Gasteiger partial charge in [0.2, 0.25) is 0 Å². The lowest BCUT2D eigenvalue weighted by Crippen LogP contribution is -2.29. The van der Waals surface area contributed by atoms with Crippen LogP contribution in [-0.2, 0) is 9.59 Å². The Morgan fingerprint density at radius 2 is 1.32 bits per heavy atom. The van der Waals surface area contributed by atoms with Gasteiger partial charge in [-0.3, -0.25) is 9.59 Å². The molecule has 0 saturated heterocycles. The third kappa shape index (κ3) is 3.57. The fraction of sp³-hybridized carbons (Fsp3) is 0. The SMILES string of the molecule is NC(=O)C(=O)Nc1ccc(Nc2ccccc2)cc1. The molecule has 96 valence electrons. The van der Waals surface area contributed by atoms with Crippen molar-refractivity contribution in [2.45, 2.75) is 0 Å². The van der Waals surface area contributed by atoms with Crippen molar-refractivity contribution in [1.82, 2.24) is 0 Å². The summed E-state index contributed by atoms with van der Waals surface area (Å²) < 4.78 is 0. The number of nitrogens with one attached hydrogen (secondary N) is 2. The van der Waals surface area contributed by atoms with Crippen LogP contribution in [0.3, 0.4) is 0 Å². The van der Waals surface area contributed by atoms with Gasteiger partial charge in [0, 0.05) is 17.1 Å². The second-order valence-corrected chi connectivity index (χ2v) is 3.89. The van der Waals surface area contributed by atoms with Crippen molar-refractivity contribution in [3.63, 3.8) is 0 Å². The van der Waals surface area contributed by atoms with Gasteiger partial charge >= 0.3 is 11.8 Å². The van der Waals surface area contributed by atoms with Crippen LogP contribution in [-0.4, -0.2) is 11.8 Å². The number of amides is 2. The van der Waals surface area contributed by atoms with Crippen molar-refractivity contribution in [3.05, 3.63) is 54.6 Å². The lowest BCUT2D eigenvalue weighted by atomic mass is 10.2. The number of carbonyl (C=O) groups is 2. The summed E-state index contributed by atoms with van der Waals surface area (Å²) in [6, 6.07) is 16.7. The highest BCUT2D eigenvalue weighted by Crippen LogP contribution is 2.18. The molecule has 0 fully saturated rings. The van der Waals surface area contributed by atoms with Crippen molar-refractivity contribution in [1.29, 1.82) is 0 Å². The molecular weight excluding hydrogens is 242 g/mol. The molecule has 0 radical (unpaired) electrons. The Balaban J connectivity index is 2.03. The number of nitrogens with two attached hydrogens (primary N) is 1. The highest BCUT2D eigenvalue weighted by Gasteiger charge is 2.08. The number of benzene rings is 2. The molecule has 2 amide bonds. The van der Waals surface area contributed by atoms with Gasteiger partial charge in [0.25, 0.3) is 0 Å². The summed E-state index contributed by atoms with van der Waals surface area (Å²) >= 11 is 0. The van der Waals surface area contributed by atoms with Crippen LogP contribution in [0.25, 0.3) is 0 Å². The van der Waals surface area contributed by atoms with E-state index in [0.717, 1.165) is 11.4 Å². The second-order valence-electron chi connectivity index (χ2n) is 3.89. The Kier molecular flexibility index (Phi) is 3.78. The lowest BCUT2D eigenvalue weighted by Gasteiger charge is -2.07. The largest absolute Gasteiger partial charge is 0.361 e. The van der Waals surface area contributed by atoms with Gasteiger partial charge in [0.05, 0.1) is 0 Å². The fourth-order valence-electron chi connectivity index (χ4n) is 1.52. The molecule has 5 heteroatoms. The van der Waals surface area contributed by atoms with Gasteiger partial charge in [-0.25, -0.2) is 0 Å². The molecule has 0 aromatic heterocycles. The van der Waals surface area contributed by atoms with Gasteiger partial charge < -0.3 is 16.4 Å². The van der Waals surface area contributed by atoms with E-state index in [1.54, 1.807) is 24.3 Å². The van der Waals surface area contributed by atoms with Crippen molar-refractivity contribution in [2.75, 3.05) is 10.6 Å². The zero-order chi connectivity index (χ0) is 13.7. The third-order valence-electron chi connectivity index (χ3n) is 2.43. The number of anilines is 3. The van der Waals surface area contributed by atoms with Crippen LogP contribution in [0.2, 0.25) is 0 Å². The average molecular weight is 255 g/mol. The van der Waals surface area contributed by atoms with Crippen LogP contribution in [0.5, 0.6) is 0 Å². The molecule has 4 N–H and O–H groups in total. The molecule has 0 bridgehead atoms. The van der Waals surface area contributed by atoms with E-state index in [1.807, 2.05) is 30.3 Å². The van der Waals surface area contributed by atoms with Crippen molar-refractivity contribution in [3.8, 4) is 0 Å². The molecule has 0 aliphatic rings. The summed E-state index contributed by atoms with van der Waals surface area (Å²) in [6.07, 6.45) is 0. The molecule has 2 aromatic rings. The quantitative estimate of drug-likeness (QED) is 0.732. The first-order valence-corrected chi connectivity index (χ1v) is 5.68. The zero-order valence-corrected chi connectivity index (χ0v) is 10.1. The Morgan fingerprint density at radius 1 is 0.789 bits per heavy atom. The molecule has 0 spiro atoms. The first-order chi connectivity index (χ1) is 9.15. The highest BCUT2D eigenvalue weighted by molar-refractivity contribution is 6.39. The summed E-state index contributed by atoms with van der Waals surface area (Å²) in [5.41, 5.74) is 7.22. The molecule has 0 unspecified atom stereocenters. The zero-order valence-electron chi connectivity index (χ0n) is 10.1. The Morgan fingerprint density at radius 3 is 1.89 bits per heavy atom. The van der Waals surface area contributed by atoms with E-state index in [-0.39, 0.29) is 0 Å². The number of primary amides is 1. The number of rotatable bonds is 3. The van der Waals surface area contributed by atoms with E-state index in [9.17, 15) is 9.59 Å². The minimum atomic E-state index is -1.01. The third-order valence-corrected chi connectivity index (χ3v) is 2.43. The molecule has 0 aliphatic heterocycles. The topological polar surface area (TPSA) is 84.2 Å². The van der Waals surface area contributed by atoms with E-state index in [0.29, 0.717) is 5.69 Å². The number of hydrogen-bond donors (Lipinski definition) is 3. The van der Waals surface area contributed by atoms with Gasteiger partial charge in [-0.1, -0.05) is 18.2 Å². The number of hydrogen-bond acceptors (Lipinski definition) is 3. The van der Waals surface area contributed by atoms with Crippen LogP contribution in [0.4, 0.5) is 17.1 Å². The van der Waals surface area contributed by atoms with E-state index < -0.39 is 11.8 Å². The van der Waals surface area contributed by atoms with E-state index in [2.05, 4.69) is 10.6 Å². The minimum absolute atomic E-state index is 0.516. The van der Waals surface area contributed by atoms with Gasteiger partial charge in [-0.05, 0) is 36.4 Å².